The first kappa shape index (κ1) is 19.6. The maximum Gasteiger partial charge on any atom is 0.263 e. The number of H-pyrrole nitrogens is 1. The van der Waals surface area contributed by atoms with E-state index in [2.05, 4.69) is 19.9 Å². The average molecular weight is 438 g/mol. The van der Waals surface area contributed by atoms with Crippen molar-refractivity contribution in [3.05, 3.63) is 82.4 Å². The van der Waals surface area contributed by atoms with Crippen LogP contribution in [0.2, 0.25) is 0 Å². The minimum atomic E-state index is -3.86. The molecule has 0 aliphatic carbocycles. The Morgan fingerprint density at radius 1 is 1.20 bits per heavy atom. The topological polar surface area (TPSA) is 121 Å². The molecule has 8 nitrogen and oxygen atoms in total. The van der Waals surface area contributed by atoms with Crippen LogP contribution < -0.4 is 9.46 Å². The third-order valence-electron chi connectivity index (χ3n) is 4.13. The number of nitriles is 1. The molecule has 2 aromatic heterocycles. The van der Waals surface area contributed by atoms with Crippen LogP contribution in [-0.4, -0.2) is 23.6 Å². The lowest BCUT2D eigenvalue weighted by Gasteiger charge is -2.11. The van der Waals surface area contributed by atoms with Crippen molar-refractivity contribution in [2.24, 2.45) is 0 Å². The Hall–Kier alpha value is -3.68. The molecule has 0 saturated heterocycles. The average Bonchev–Trinajstić information content (AvgIpc) is 3.42. The second-order valence-electron chi connectivity index (χ2n) is 6.26. The van der Waals surface area contributed by atoms with Crippen molar-refractivity contribution in [1.82, 2.24) is 15.2 Å². The van der Waals surface area contributed by atoms with E-state index in [9.17, 15) is 13.7 Å². The van der Waals surface area contributed by atoms with Crippen molar-refractivity contribution in [3.63, 3.8) is 0 Å². The van der Waals surface area contributed by atoms with Gasteiger partial charge in [-0.2, -0.15) is 10.4 Å². The number of sulfonamides is 1. The largest absolute Gasteiger partial charge is 0.456 e. The van der Waals surface area contributed by atoms with E-state index in [-0.39, 0.29) is 22.0 Å². The summed E-state index contributed by atoms with van der Waals surface area (Å²) >= 11 is 1.27. The fourth-order valence-corrected chi connectivity index (χ4v) is 4.34. The van der Waals surface area contributed by atoms with Crippen molar-refractivity contribution in [2.45, 2.75) is 11.3 Å². The molecule has 150 valence electrons. The molecule has 0 unspecified atom stereocenters. The van der Waals surface area contributed by atoms with E-state index in [1.165, 1.54) is 35.0 Å². The molecule has 0 radical (unpaired) electrons. The van der Waals surface area contributed by atoms with Gasteiger partial charge in [-0.05, 0) is 42.0 Å². The number of nitrogens with one attached hydrogen (secondary N) is 2. The molecule has 2 aromatic carbocycles. The van der Waals surface area contributed by atoms with Crippen LogP contribution in [0.15, 0.2) is 70.5 Å². The van der Waals surface area contributed by atoms with Gasteiger partial charge in [0.15, 0.2) is 5.82 Å². The molecule has 0 aliphatic rings. The normalized spacial score (nSPS) is 11.0. The summed E-state index contributed by atoms with van der Waals surface area (Å²) in [6, 6.07) is 15.5. The first-order valence-electron chi connectivity index (χ1n) is 8.74. The highest BCUT2D eigenvalue weighted by atomic mass is 32.2. The quantitative estimate of drug-likeness (QED) is 0.452. The molecule has 0 spiro atoms. The van der Waals surface area contributed by atoms with Gasteiger partial charge < -0.3 is 4.74 Å². The molecule has 4 rings (SSSR count). The van der Waals surface area contributed by atoms with Crippen LogP contribution in [-0.2, 0) is 16.4 Å². The summed E-state index contributed by atoms with van der Waals surface area (Å²) in [4.78, 5) is 3.86. The summed E-state index contributed by atoms with van der Waals surface area (Å²) in [5.41, 5.74) is 3.60. The van der Waals surface area contributed by atoms with Crippen LogP contribution in [0.5, 0.6) is 11.5 Å². The van der Waals surface area contributed by atoms with Crippen molar-refractivity contribution in [2.75, 3.05) is 4.72 Å². The Morgan fingerprint density at radius 2 is 2.10 bits per heavy atom. The lowest BCUT2D eigenvalue weighted by Crippen LogP contribution is -2.13. The molecule has 30 heavy (non-hydrogen) atoms. The van der Waals surface area contributed by atoms with Crippen LogP contribution in [0.4, 0.5) is 5.82 Å². The van der Waals surface area contributed by atoms with Crippen molar-refractivity contribution in [1.29, 1.82) is 5.26 Å². The third kappa shape index (κ3) is 4.48. The number of aromatic nitrogens is 3. The molecule has 0 atom stereocenters. The summed E-state index contributed by atoms with van der Waals surface area (Å²) in [7, 11) is -3.86. The number of rotatable bonds is 7. The third-order valence-corrected chi connectivity index (χ3v) is 6.07. The molecule has 4 aromatic rings. The Morgan fingerprint density at radius 3 is 2.83 bits per heavy atom. The van der Waals surface area contributed by atoms with E-state index >= 15 is 0 Å². The predicted molar refractivity (Wildman–Crippen MR) is 112 cm³/mol. The van der Waals surface area contributed by atoms with E-state index in [0.29, 0.717) is 12.2 Å². The maximum atomic E-state index is 12.5. The van der Waals surface area contributed by atoms with E-state index < -0.39 is 10.0 Å². The summed E-state index contributed by atoms with van der Waals surface area (Å²) in [5.74, 6) is 1.04. The first-order valence-corrected chi connectivity index (χ1v) is 11.2. The summed E-state index contributed by atoms with van der Waals surface area (Å²) in [6.45, 7) is 0. The molecule has 2 N–H and O–H groups in total. The van der Waals surface area contributed by atoms with Gasteiger partial charge >= 0.3 is 0 Å². The van der Waals surface area contributed by atoms with Gasteiger partial charge in [-0.25, -0.2) is 13.4 Å². The summed E-state index contributed by atoms with van der Waals surface area (Å²) < 4.78 is 33.3. The zero-order valence-electron chi connectivity index (χ0n) is 15.4. The van der Waals surface area contributed by atoms with Crippen LogP contribution in [0, 0.1) is 11.3 Å². The predicted octanol–water partition coefficient (Wildman–Crippen LogP) is 3.92. The smallest absolute Gasteiger partial charge is 0.263 e. The standard InChI is InChI=1S/C20H15N5O3S2/c21-11-15-10-18(30(26,27)25-20-12-29-13-22-20)4-5-19(15)28-17-3-1-2-14(9-17)8-16-6-7-23-24-16/h1-7,9-10,12-13,25H,8H2,(H,23,24). The zero-order valence-corrected chi connectivity index (χ0v) is 17.1. The molecule has 10 heteroatoms. The molecular formula is C20H15N5O3S2. The van der Waals surface area contributed by atoms with Gasteiger partial charge in [0.1, 0.15) is 17.6 Å². The number of anilines is 1. The van der Waals surface area contributed by atoms with Gasteiger partial charge in [0, 0.05) is 23.7 Å². The van der Waals surface area contributed by atoms with Crippen molar-refractivity contribution >= 4 is 27.2 Å². The molecule has 0 bridgehead atoms. The number of nitrogens with zero attached hydrogens (tertiary/aromatic N) is 3. The minimum absolute atomic E-state index is 0.0487. The molecule has 0 saturated carbocycles. The fourth-order valence-electron chi connectivity index (χ4n) is 2.76. The first-order chi connectivity index (χ1) is 14.5. The summed E-state index contributed by atoms with van der Waals surface area (Å²) in [5, 5.41) is 17.9. The molecular weight excluding hydrogens is 422 g/mol. The number of ether oxygens (including phenoxy) is 1. The van der Waals surface area contributed by atoms with Crippen LogP contribution >= 0.6 is 11.3 Å². The number of benzene rings is 2. The highest BCUT2D eigenvalue weighted by molar-refractivity contribution is 7.92. The maximum absolute atomic E-state index is 12.5. The van der Waals surface area contributed by atoms with E-state index in [1.54, 1.807) is 17.6 Å². The highest BCUT2D eigenvalue weighted by Crippen LogP contribution is 2.29. The number of hydrogen-bond donors (Lipinski definition) is 2. The van der Waals surface area contributed by atoms with Crippen LogP contribution in [0.1, 0.15) is 16.8 Å². The second-order valence-corrected chi connectivity index (χ2v) is 8.66. The van der Waals surface area contributed by atoms with Gasteiger partial charge in [0.25, 0.3) is 10.0 Å². The minimum Gasteiger partial charge on any atom is -0.456 e. The fraction of sp³-hybridized carbons (Fsp3) is 0.0500. The van der Waals surface area contributed by atoms with Crippen molar-refractivity contribution in [3.8, 4) is 17.6 Å². The summed E-state index contributed by atoms with van der Waals surface area (Å²) in [6.07, 6.45) is 2.34. The van der Waals surface area contributed by atoms with Gasteiger partial charge in [0.2, 0.25) is 0 Å². The van der Waals surface area contributed by atoms with E-state index in [1.807, 2.05) is 30.3 Å². The van der Waals surface area contributed by atoms with Gasteiger partial charge in [0.05, 0.1) is 16.0 Å². The van der Waals surface area contributed by atoms with Gasteiger partial charge in [-0.3, -0.25) is 9.82 Å². The second kappa shape index (κ2) is 8.36. The SMILES string of the molecule is N#Cc1cc(S(=O)(=O)Nc2cscn2)ccc1Oc1cccc(Cc2ccn[nH]2)c1. The van der Waals surface area contributed by atoms with E-state index in [0.717, 1.165) is 11.3 Å². The number of aromatic amines is 1. The highest BCUT2D eigenvalue weighted by Gasteiger charge is 2.18. The lowest BCUT2D eigenvalue weighted by atomic mass is 10.1. The molecule has 0 aliphatic heterocycles. The monoisotopic (exact) mass is 437 g/mol. The number of thiazole rings is 1. The Kier molecular flexibility index (Phi) is 5.47. The zero-order chi connectivity index (χ0) is 21.0. The Bertz CT molecular complexity index is 1290. The van der Waals surface area contributed by atoms with E-state index in [4.69, 9.17) is 4.74 Å². The molecule has 0 amide bonds. The molecule has 2 heterocycles. The van der Waals surface area contributed by atoms with Gasteiger partial charge in [-0.15, -0.1) is 11.3 Å². The molecule has 0 fully saturated rings. The van der Waals surface area contributed by atoms with Crippen LogP contribution in [0.3, 0.4) is 0 Å². The Labute approximate surface area is 176 Å². The Balaban J connectivity index is 1.56. The van der Waals surface area contributed by atoms with Crippen molar-refractivity contribution < 1.29 is 13.2 Å². The van der Waals surface area contributed by atoms with Gasteiger partial charge in [-0.1, -0.05) is 12.1 Å². The number of hydrogen-bond acceptors (Lipinski definition) is 7. The van der Waals surface area contributed by atoms with Crippen LogP contribution in [0.25, 0.3) is 0 Å². The lowest BCUT2D eigenvalue weighted by molar-refractivity contribution is 0.480.